The number of hydrogen-bond acceptors (Lipinski definition) is 2. The Morgan fingerprint density at radius 2 is 1.71 bits per heavy atom. The van der Waals surface area contributed by atoms with Gasteiger partial charge in [-0.2, -0.15) is 0 Å². The van der Waals surface area contributed by atoms with E-state index in [1.165, 1.54) is 0 Å². The minimum atomic E-state index is -1.25. The van der Waals surface area contributed by atoms with Gasteiger partial charge in [-0.3, -0.25) is 4.79 Å². The lowest BCUT2D eigenvalue weighted by Crippen LogP contribution is -2.43. The number of rotatable bonds is 3. The van der Waals surface area contributed by atoms with Gasteiger partial charge in [0.1, 0.15) is 5.41 Å². The highest BCUT2D eigenvalue weighted by Gasteiger charge is 2.38. The molecule has 3 nitrogen and oxygen atoms in total. The van der Waals surface area contributed by atoms with E-state index in [0.29, 0.717) is 6.42 Å². The second kappa shape index (κ2) is 5.19. The lowest BCUT2D eigenvalue weighted by Gasteiger charge is -2.28. The maximum Gasteiger partial charge on any atom is 0.316 e. The first-order chi connectivity index (χ1) is 10.2. The molecule has 2 aromatic rings. The smallest absolute Gasteiger partial charge is 0.316 e. The Kier molecular flexibility index (Phi) is 3.35. The van der Waals surface area contributed by atoms with Crippen molar-refractivity contribution in [2.45, 2.75) is 6.42 Å². The zero-order valence-electron chi connectivity index (χ0n) is 11.5. The maximum absolute atomic E-state index is 11.7. The largest absolute Gasteiger partial charge is 0.481 e. The molecule has 2 aromatic carbocycles. The Morgan fingerprint density at radius 1 is 1.05 bits per heavy atom. The summed E-state index contributed by atoms with van der Waals surface area (Å²) in [6.45, 7) is -0.410. The van der Waals surface area contributed by atoms with Crippen molar-refractivity contribution in [3.8, 4) is 0 Å². The van der Waals surface area contributed by atoms with Crippen molar-refractivity contribution >= 4 is 17.6 Å². The van der Waals surface area contributed by atoms with Crippen LogP contribution in [0.25, 0.3) is 11.6 Å². The number of hydrogen-bond donors (Lipinski definition) is 2. The van der Waals surface area contributed by atoms with Crippen molar-refractivity contribution in [3.63, 3.8) is 0 Å². The van der Waals surface area contributed by atoms with Crippen molar-refractivity contribution in [1.29, 1.82) is 0 Å². The summed E-state index contributed by atoms with van der Waals surface area (Å²) in [5.74, 6) is -0.993. The van der Waals surface area contributed by atoms with Crippen molar-refractivity contribution < 1.29 is 15.0 Å². The summed E-state index contributed by atoms with van der Waals surface area (Å²) < 4.78 is 0. The summed E-state index contributed by atoms with van der Waals surface area (Å²) in [5.41, 5.74) is 0.710. The van der Waals surface area contributed by atoms with E-state index in [9.17, 15) is 15.0 Å². The molecule has 0 heterocycles. The van der Waals surface area contributed by atoms with Crippen LogP contribution in [0.1, 0.15) is 12.0 Å². The topological polar surface area (TPSA) is 57.5 Å². The zero-order valence-corrected chi connectivity index (χ0v) is 11.5. The van der Waals surface area contributed by atoms with Gasteiger partial charge in [0.15, 0.2) is 0 Å². The average molecular weight is 280 g/mol. The molecule has 3 rings (SSSR count). The Balaban J connectivity index is 2.33. The molecule has 2 N–H and O–H groups in total. The summed E-state index contributed by atoms with van der Waals surface area (Å²) in [6, 6.07) is 17.5. The van der Waals surface area contributed by atoms with Crippen molar-refractivity contribution in [2.24, 2.45) is 5.41 Å². The average Bonchev–Trinajstić information content (AvgIpc) is 2.54. The summed E-state index contributed by atoms with van der Waals surface area (Å²) >= 11 is 0. The van der Waals surface area contributed by atoms with Gasteiger partial charge < -0.3 is 10.2 Å². The summed E-state index contributed by atoms with van der Waals surface area (Å²) in [6.07, 6.45) is 1.97. The van der Waals surface area contributed by atoms with Crippen LogP contribution < -0.4 is 10.4 Å². The zero-order chi connectivity index (χ0) is 14.9. The van der Waals surface area contributed by atoms with Crippen LogP contribution in [-0.2, 0) is 4.79 Å². The van der Waals surface area contributed by atoms with Gasteiger partial charge in [0.2, 0.25) is 0 Å². The van der Waals surface area contributed by atoms with E-state index in [4.69, 9.17) is 0 Å². The number of fused-ring (bicyclic) bond motifs is 1. The van der Waals surface area contributed by atoms with E-state index in [-0.39, 0.29) is 0 Å². The molecule has 0 amide bonds. The molecule has 0 fully saturated rings. The molecular formula is C18H16O3. The molecule has 0 saturated heterocycles. The molecule has 106 valence electrons. The minimum absolute atomic E-state index is 0.292. The molecule has 1 aliphatic carbocycles. The van der Waals surface area contributed by atoms with E-state index >= 15 is 0 Å². The highest BCUT2D eigenvalue weighted by molar-refractivity contribution is 5.87. The molecule has 0 aromatic heterocycles. The fourth-order valence-corrected chi connectivity index (χ4v) is 2.86. The monoisotopic (exact) mass is 280 g/mol. The molecule has 0 aliphatic heterocycles. The number of carboxylic acids is 1. The lowest BCUT2D eigenvalue weighted by molar-refractivity contribution is -0.146. The first-order valence-electron chi connectivity index (χ1n) is 6.87. The quantitative estimate of drug-likeness (QED) is 0.886. The highest BCUT2D eigenvalue weighted by atomic mass is 16.4. The van der Waals surface area contributed by atoms with Crippen LogP contribution in [0.2, 0.25) is 0 Å². The first-order valence-corrected chi connectivity index (χ1v) is 6.87. The van der Waals surface area contributed by atoms with Crippen LogP contribution in [0.3, 0.4) is 0 Å². The van der Waals surface area contributed by atoms with E-state index < -0.39 is 18.0 Å². The predicted molar refractivity (Wildman–Crippen MR) is 80.9 cm³/mol. The van der Waals surface area contributed by atoms with Gasteiger partial charge in [-0.05, 0) is 28.0 Å². The normalized spacial score (nSPS) is 20.5. The van der Waals surface area contributed by atoms with Crippen LogP contribution >= 0.6 is 0 Å². The fourth-order valence-electron chi connectivity index (χ4n) is 2.86. The molecule has 21 heavy (non-hydrogen) atoms. The Bertz CT molecular complexity index is 793. The predicted octanol–water partition coefficient (Wildman–Crippen LogP) is 1.13. The molecule has 1 atom stereocenters. The van der Waals surface area contributed by atoms with Gasteiger partial charge in [0, 0.05) is 0 Å². The minimum Gasteiger partial charge on any atom is -0.481 e. The van der Waals surface area contributed by atoms with E-state index in [1.807, 2.05) is 54.6 Å². The van der Waals surface area contributed by atoms with Crippen molar-refractivity contribution in [2.75, 3.05) is 6.61 Å². The van der Waals surface area contributed by atoms with Crippen LogP contribution in [0, 0.1) is 5.41 Å². The standard InChI is InChI=1S/C18H16O3/c19-12-18(17(20)21)10-14-8-4-5-9-15(14)16(11-18)13-6-2-1-3-7-13/h1-10,19H,11-12H2,(H,20,21). The molecule has 3 heteroatoms. The number of benzene rings is 2. The summed E-state index contributed by atoms with van der Waals surface area (Å²) in [4.78, 5) is 11.7. The van der Waals surface area contributed by atoms with E-state index in [0.717, 1.165) is 21.6 Å². The van der Waals surface area contributed by atoms with Gasteiger partial charge in [-0.15, -0.1) is 0 Å². The van der Waals surface area contributed by atoms with Crippen molar-refractivity contribution in [3.05, 3.63) is 70.6 Å². The molecule has 0 saturated carbocycles. The van der Waals surface area contributed by atoms with Crippen LogP contribution in [-0.4, -0.2) is 22.8 Å². The third-order valence-electron chi connectivity index (χ3n) is 4.04. The van der Waals surface area contributed by atoms with Gasteiger partial charge in [-0.1, -0.05) is 60.7 Å². The molecule has 0 spiro atoms. The lowest BCUT2D eigenvalue weighted by atomic mass is 9.76. The molecular weight excluding hydrogens is 264 g/mol. The fraction of sp³-hybridized carbons (Fsp3) is 0.167. The van der Waals surface area contributed by atoms with Crippen LogP contribution in [0.15, 0.2) is 54.6 Å². The Labute approximate surface area is 122 Å². The number of aliphatic hydroxyl groups is 1. The third kappa shape index (κ3) is 2.26. The molecule has 1 aliphatic rings. The van der Waals surface area contributed by atoms with Gasteiger partial charge >= 0.3 is 5.97 Å². The first kappa shape index (κ1) is 13.6. The molecule has 0 bridgehead atoms. The Hall–Kier alpha value is -2.39. The third-order valence-corrected chi connectivity index (χ3v) is 4.04. The van der Waals surface area contributed by atoms with E-state index in [2.05, 4.69) is 0 Å². The molecule has 1 unspecified atom stereocenters. The van der Waals surface area contributed by atoms with Gasteiger partial charge in [0.05, 0.1) is 6.61 Å². The SMILES string of the molecule is O=C(O)C1(CO)C=c2ccccc2=C(c2ccccc2)C1. The second-order valence-electron chi connectivity index (χ2n) is 5.37. The molecule has 0 radical (unpaired) electrons. The maximum atomic E-state index is 11.7. The van der Waals surface area contributed by atoms with Crippen molar-refractivity contribution in [1.82, 2.24) is 0 Å². The van der Waals surface area contributed by atoms with Crippen LogP contribution in [0.4, 0.5) is 0 Å². The second-order valence-corrected chi connectivity index (χ2v) is 5.37. The van der Waals surface area contributed by atoms with Crippen LogP contribution in [0.5, 0.6) is 0 Å². The summed E-state index contributed by atoms with van der Waals surface area (Å²) in [7, 11) is 0. The summed E-state index contributed by atoms with van der Waals surface area (Å²) in [5, 5.41) is 21.1. The number of aliphatic carboxylic acids is 1. The van der Waals surface area contributed by atoms with Gasteiger partial charge in [0.25, 0.3) is 0 Å². The Morgan fingerprint density at radius 3 is 2.38 bits per heavy atom. The number of aliphatic hydroxyl groups excluding tert-OH is 1. The number of carbonyl (C=O) groups is 1. The highest BCUT2D eigenvalue weighted by Crippen LogP contribution is 2.33. The van der Waals surface area contributed by atoms with Gasteiger partial charge in [-0.25, -0.2) is 0 Å². The number of carboxylic acid groups (broad SMARTS) is 1. The van der Waals surface area contributed by atoms with E-state index in [1.54, 1.807) is 6.08 Å².